The Labute approximate surface area is 81.4 Å². The third kappa shape index (κ3) is 1.21. The Hall–Kier alpha value is -0.610. The highest BCUT2D eigenvalue weighted by Crippen LogP contribution is 2.26. The maximum Gasteiger partial charge on any atom is 0.0992 e. The van der Waals surface area contributed by atoms with Crippen molar-refractivity contribution >= 4 is 30.8 Å². The Morgan fingerprint density at radius 3 is 3.00 bits per heavy atom. The lowest BCUT2D eigenvalue weighted by Gasteiger charge is -2.04. The van der Waals surface area contributed by atoms with Gasteiger partial charge in [-0.25, -0.2) is 4.98 Å². The summed E-state index contributed by atoms with van der Waals surface area (Å²) in [6, 6.07) is 3.96. The molecule has 0 unspecified atom stereocenters. The first-order valence-electron chi connectivity index (χ1n) is 3.56. The second-order valence-electron chi connectivity index (χ2n) is 2.52. The number of imidazole rings is 1. The van der Waals surface area contributed by atoms with Crippen molar-refractivity contribution in [3.8, 4) is 0 Å². The van der Waals surface area contributed by atoms with Crippen LogP contribution in [0, 0.1) is 0 Å². The van der Waals surface area contributed by atoms with E-state index in [2.05, 4.69) is 30.2 Å². The summed E-state index contributed by atoms with van der Waals surface area (Å²) in [5.74, 6) is 0. The number of hydrogen-bond acceptors (Lipinski definition) is 3. The molecule has 0 fully saturated rings. The van der Waals surface area contributed by atoms with Gasteiger partial charge in [-0.3, -0.25) is 0 Å². The van der Waals surface area contributed by atoms with Crippen molar-refractivity contribution < 1.29 is 0 Å². The minimum Gasteiger partial charge on any atom is -0.306 e. The molecule has 2 aromatic rings. The van der Waals surface area contributed by atoms with Gasteiger partial charge in [-0.1, -0.05) is 6.07 Å². The monoisotopic (exact) mass is 196 g/mol. The Balaban J connectivity index is 2.73. The van der Waals surface area contributed by atoms with Crippen LogP contribution in [0.2, 0.25) is 0 Å². The van der Waals surface area contributed by atoms with Gasteiger partial charge < -0.3 is 4.40 Å². The van der Waals surface area contributed by atoms with Gasteiger partial charge in [-0.15, -0.1) is 0 Å². The van der Waals surface area contributed by atoms with Crippen LogP contribution in [-0.2, 0) is 0 Å². The van der Waals surface area contributed by atoms with E-state index < -0.39 is 0 Å². The second kappa shape index (κ2) is 3.03. The molecule has 0 spiro atoms. The van der Waals surface area contributed by atoms with E-state index in [1.807, 2.05) is 28.9 Å². The second-order valence-corrected chi connectivity index (χ2v) is 3.96. The zero-order valence-corrected chi connectivity index (χ0v) is 8.04. The van der Waals surface area contributed by atoms with Crippen LogP contribution in [0.25, 0.3) is 5.52 Å². The SMILES string of the molecule is SC(S)c1cccn2cncc12. The summed E-state index contributed by atoms with van der Waals surface area (Å²) < 4.78 is 1.90. The maximum atomic E-state index is 4.26. The predicted octanol–water partition coefficient (Wildman–Crippen LogP) is 2.19. The maximum absolute atomic E-state index is 4.26. The minimum absolute atomic E-state index is 0.0506. The van der Waals surface area contributed by atoms with E-state index in [4.69, 9.17) is 0 Å². The fourth-order valence-electron chi connectivity index (χ4n) is 1.19. The Bertz CT molecular complexity index is 395. The Morgan fingerprint density at radius 1 is 1.42 bits per heavy atom. The molecule has 0 amide bonds. The fourth-order valence-corrected chi connectivity index (χ4v) is 1.63. The molecular formula is C8H8N2S2. The summed E-state index contributed by atoms with van der Waals surface area (Å²) in [4.78, 5) is 4.04. The number of pyridine rings is 1. The van der Waals surface area contributed by atoms with Gasteiger partial charge in [0, 0.05) is 11.8 Å². The van der Waals surface area contributed by atoms with Gasteiger partial charge in [-0.2, -0.15) is 25.3 Å². The first-order valence-corrected chi connectivity index (χ1v) is 4.59. The molecule has 0 bridgehead atoms. The molecule has 0 atom stereocenters. The minimum atomic E-state index is -0.0506. The molecule has 2 rings (SSSR count). The third-order valence-corrected chi connectivity index (χ3v) is 2.32. The quantitative estimate of drug-likeness (QED) is 0.528. The molecule has 2 aromatic heterocycles. The van der Waals surface area contributed by atoms with Crippen molar-refractivity contribution in [2.75, 3.05) is 0 Å². The van der Waals surface area contributed by atoms with Gasteiger partial charge >= 0.3 is 0 Å². The average molecular weight is 196 g/mol. The standard InChI is InChI=1S/C8H8N2S2/c11-8(12)6-2-1-3-10-5-9-4-7(6)10/h1-5,8,11-12H. The summed E-state index contributed by atoms with van der Waals surface area (Å²) in [7, 11) is 0. The van der Waals surface area contributed by atoms with E-state index in [0.29, 0.717) is 0 Å². The average Bonchev–Trinajstić information content (AvgIpc) is 2.49. The predicted molar refractivity (Wildman–Crippen MR) is 55.9 cm³/mol. The smallest absolute Gasteiger partial charge is 0.0992 e. The van der Waals surface area contributed by atoms with E-state index in [1.165, 1.54) is 0 Å². The van der Waals surface area contributed by atoms with E-state index in [-0.39, 0.29) is 4.58 Å². The summed E-state index contributed by atoms with van der Waals surface area (Å²) in [6.07, 6.45) is 5.54. The summed E-state index contributed by atoms with van der Waals surface area (Å²) in [5, 5.41) is 0. The van der Waals surface area contributed by atoms with Crippen molar-refractivity contribution in [3.05, 3.63) is 36.4 Å². The highest BCUT2D eigenvalue weighted by Gasteiger charge is 2.05. The van der Waals surface area contributed by atoms with Gasteiger partial charge in [0.05, 0.1) is 22.6 Å². The van der Waals surface area contributed by atoms with Crippen LogP contribution in [0.5, 0.6) is 0 Å². The number of fused-ring (bicyclic) bond motifs is 1. The van der Waals surface area contributed by atoms with Crippen LogP contribution in [0.15, 0.2) is 30.9 Å². The van der Waals surface area contributed by atoms with Crippen molar-refractivity contribution in [1.82, 2.24) is 9.38 Å². The molecular weight excluding hydrogens is 188 g/mol. The van der Waals surface area contributed by atoms with Crippen molar-refractivity contribution in [2.24, 2.45) is 0 Å². The molecule has 0 aromatic carbocycles. The molecule has 0 saturated heterocycles. The Kier molecular flexibility index (Phi) is 2.02. The van der Waals surface area contributed by atoms with Crippen LogP contribution in [0.1, 0.15) is 10.1 Å². The van der Waals surface area contributed by atoms with Crippen LogP contribution >= 0.6 is 25.3 Å². The fraction of sp³-hybridized carbons (Fsp3) is 0.125. The van der Waals surface area contributed by atoms with Crippen molar-refractivity contribution in [1.29, 1.82) is 0 Å². The molecule has 0 saturated carbocycles. The number of thiol groups is 2. The van der Waals surface area contributed by atoms with E-state index in [0.717, 1.165) is 11.1 Å². The molecule has 2 heterocycles. The zero-order valence-electron chi connectivity index (χ0n) is 6.25. The van der Waals surface area contributed by atoms with Gasteiger partial charge in [0.2, 0.25) is 0 Å². The Morgan fingerprint density at radius 2 is 2.25 bits per heavy atom. The summed E-state index contributed by atoms with van der Waals surface area (Å²) in [6.45, 7) is 0. The summed E-state index contributed by atoms with van der Waals surface area (Å²) in [5.41, 5.74) is 2.15. The van der Waals surface area contributed by atoms with Crippen LogP contribution in [0.3, 0.4) is 0 Å². The number of aromatic nitrogens is 2. The third-order valence-electron chi connectivity index (χ3n) is 1.76. The molecule has 62 valence electrons. The number of hydrogen-bond donors (Lipinski definition) is 2. The molecule has 4 heteroatoms. The van der Waals surface area contributed by atoms with Gasteiger partial charge in [0.1, 0.15) is 0 Å². The van der Waals surface area contributed by atoms with Crippen molar-refractivity contribution in [2.45, 2.75) is 4.58 Å². The highest BCUT2D eigenvalue weighted by molar-refractivity contribution is 7.98. The van der Waals surface area contributed by atoms with Gasteiger partial charge in [-0.05, 0) is 6.07 Å². The molecule has 0 N–H and O–H groups in total. The van der Waals surface area contributed by atoms with Crippen LogP contribution < -0.4 is 0 Å². The van der Waals surface area contributed by atoms with Crippen molar-refractivity contribution in [3.63, 3.8) is 0 Å². The first-order chi connectivity index (χ1) is 5.79. The summed E-state index contributed by atoms with van der Waals surface area (Å²) >= 11 is 8.52. The van der Waals surface area contributed by atoms with Crippen LogP contribution in [-0.4, -0.2) is 9.38 Å². The van der Waals surface area contributed by atoms with Crippen LogP contribution in [0.4, 0.5) is 0 Å². The first kappa shape index (κ1) is 8.01. The van der Waals surface area contributed by atoms with Gasteiger partial charge in [0.15, 0.2) is 0 Å². The zero-order chi connectivity index (χ0) is 8.55. The molecule has 2 nitrogen and oxygen atoms in total. The molecule has 0 aliphatic rings. The topological polar surface area (TPSA) is 17.3 Å². The lowest BCUT2D eigenvalue weighted by Crippen LogP contribution is -1.88. The highest BCUT2D eigenvalue weighted by atomic mass is 32.2. The number of nitrogens with zero attached hydrogens (tertiary/aromatic N) is 2. The number of rotatable bonds is 1. The van der Waals surface area contributed by atoms with E-state index >= 15 is 0 Å². The largest absolute Gasteiger partial charge is 0.306 e. The molecule has 12 heavy (non-hydrogen) atoms. The lowest BCUT2D eigenvalue weighted by atomic mass is 10.2. The van der Waals surface area contributed by atoms with Gasteiger partial charge in [0.25, 0.3) is 0 Å². The molecule has 0 aliphatic heterocycles. The molecule has 0 radical (unpaired) electrons. The van der Waals surface area contributed by atoms with E-state index in [9.17, 15) is 0 Å². The lowest BCUT2D eigenvalue weighted by molar-refractivity contribution is 1.14. The normalized spacial score (nSPS) is 11.2. The van der Waals surface area contributed by atoms with E-state index in [1.54, 1.807) is 6.33 Å². The molecule has 0 aliphatic carbocycles.